The van der Waals surface area contributed by atoms with Crippen molar-refractivity contribution in [1.29, 1.82) is 0 Å². The van der Waals surface area contributed by atoms with Gasteiger partial charge in [-0.1, -0.05) is 19.1 Å². The summed E-state index contributed by atoms with van der Waals surface area (Å²) in [4.78, 5) is 19.2. The Morgan fingerprint density at radius 2 is 2.08 bits per heavy atom. The van der Waals surface area contributed by atoms with Gasteiger partial charge in [0.1, 0.15) is 5.82 Å². The molecule has 1 amide bonds. The van der Waals surface area contributed by atoms with Gasteiger partial charge in [0.15, 0.2) is 0 Å². The highest BCUT2D eigenvalue weighted by atomic mass is 16.2. The number of carbonyl (C=O) groups is 1. The maximum atomic E-state index is 12.3. The van der Waals surface area contributed by atoms with Gasteiger partial charge in [0.25, 0.3) is 0 Å². The fourth-order valence-corrected chi connectivity index (χ4v) is 4.07. The van der Waals surface area contributed by atoms with Gasteiger partial charge >= 0.3 is 0 Å². The summed E-state index contributed by atoms with van der Waals surface area (Å²) in [5.41, 5.74) is 2.28. The van der Waals surface area contributed by atoms with Gasteiger partial charge in [-0.3, -0.25) is 4.79 Å². The number of nitrogens with one attached hydrogen (secondary N) is 1. The van der Waals surface area contributed by atoms with E-state index in [-0.39, 0.29) is 0 Å². The number of para-hydroxylation sites is 2. The Bertz CT molecular complexity index is 764. The smallest absolute Gasteiger partial charge is 0.225 e. The molecule has 4 rings (SSSR count). The molecule has 1 N–H and O–H groups in total. The second-order valence-corrected chi connectivity index (χ2v) is 7.57. The Morgan fingerprint density at radius 1 is 1.28 bits per heavy atom. The zero-order chi connectivity index (χ0) is 17.4. The van der Waals surface area contributed by atoms with E-state index in [4.69, 9.17) is 4.98 Å². The van der Waals surface area contributed by atoms with Crippen LogP contribution in [0.4, 0.5) is 0 Å². The highest BCUT2D eigenvalue weighted by molar-refractivity contribution is 5.81. The number of carbonyl (C=O) groups excluding carboxylic acids is 1. The summed E-state index contributed by atoms with van der Waals surface area (Å²) in [6.07, 6.45) is 3.23. The van der Waals surface area contributed by atoms with Crippen molar-refractivity contribution >= 4 is 16.9 Å². The number of fused-ring (bicyclic) bond motifs is 1. The SMILES string of the molecule is CCn1c(CN[C@@H]2CCN(C(=O)C3CC3)C[C@H]2C)nc2ccccc21. The molecule has 2 heterocycles. The van der Waals surface area contributed by atoms with Crippen LogP contribution in [-0.4, -0.2) is 39.5 Å². The van der Waals surface area contributed by atoms with Gasteiger partial charge in [-0.2, -0.15) is 0 Å². The van der Waals surface area contributed by atoms with Crippen LogP contribution in [-0.2, 0) is 17.9 Å². The van der Waals surface area contributed by atoms with Crippen LogP contribution in [0.3, 0.4) is 0 Å². The highest BCUT2D eigenvalue weighted by Crippen LogP contribution is 2.32. The molecule has 0 radical (unpaired) electrons. The average Bonchev–Trinajstić information content (AvgIpc) is 3.41. The Kier molecular flexibility index (Phi) is 4.50. The largest absolute Gasteiger partial charge is 0.342 e. The van der Waals surface area contributed by atoms with E-state index in [2.05, 4.69) is 46.8 Å². The third-order valence-corrected chi connectivity index (χ3v) is 5.72. The van der Waals surface area contributed by atoms with Gasteiger partial charge in [0.05, 0.1) is 17.6 Å². The molecule has 25 heavy (non-hydrogen) atoms. The molecule has 1 saturated carbocycles. The number of likely N-dealkylation sites (tertiary alicyclic amines) is 1. The molecule has 5 nitrogen and oxygen atoms in total. The van der Waals surface area contributed by atoms with E-state index in [9.17, 15) is 4.79 Å². The van der Waals surface area contributed by atoms with Gasteiger partial charge in [0, 0.05) is 31.6 Å². The Morgan fingerprint density at radius 3 is 2.80 bits per heavy atom. The summed E-state index contributed by atoms with van der Waals surface area (Å²) in [5, 5.41) is 3.71. The number of aryl methyl sites for hydroxylation is 1. The molecule has 2 fully saturated rings. The normalized spacial score (nSPS) is 24.0. The van der Waals surface area contributed by atoms with Gasteiger partial charge in [0.2, 0.25) is 5.91 Å². The summed E-state index contributed by atoms with van der Waals surface area (Å²) in [6.45, 7) is 7.92. The maximum absolute atomic E-state index is 12.3. The van der Waals surface area contributed by atoms with Crippen LogP contribution in [0.1, 0.15) is 38.9 Å². The predicted molar refractivity (Wildman–Crippen MR) is 99.1 cm³/mol. The number of piperidine rings is 1. The highest BCUT2D eigenvalue weighted by Gasteiger charge is 2.36. The van der Waals surface area contributed by atoms with Crippen molar-refractivity contribution < 1.29 is 4.79 Å². The third-order valence-electron chi connectivity index (χ3n) is 5.72. The number of amides is 1. The van der Waals surface area contributed by atoms with Gasteiger partial charge in [-0.05, 0) is 44.2 Å². The van der Waals surface area contributed by atoms with E-state index < -0.39 is 0 Å². The Labute approximate surface area is 149 Å². The first kappa shape index (κ1) is 16.6. The number of hydrogen-bond donors (Lipinski definition) is 1. The lowest BCUT2D eigenvalue weighted by Crippen LogP contribution is -2.50. The zero-order valence-corrected chi connectivity index (χ0v) is 15.2. The van der Waals surface area contributed by atoms with E-state index in [0.717, 1.165) is 56.8 Å². The molecule has 134 valence electrons. The first-order valence-corrected chi connectivity index (χ1v) is 9.63. The lowest BCUT2D eigenvalue weighted by atomic mass is 9.93. The molecule has 5 heteroatoms. The molecule has 0 bridgehead atoms. The predicted octanol–water partition coefficient (Wildman–Crippen LogP) is 2.79. The minimum absolute atomic E-state index is 0.334. The second kappa shape index (κ2) is 6.79. The first-order chi connectivity index (χ1) is 12.2. The lowest BCUT2D eigenvalue weighted by Gasteiger charge is -2.37. The van der Waals surface area contributed by atoms with Crippen LogP contribution in [0.15, 0.2) is 24.3 Å². The topological polar surface area (TPSA) is 50.2 Å². The second-order valence-electron chi connectivity index (χ2n) is 7.57. The molecule has 2 atom stereocenters. The minimum Gasteiger partial charge on any atom is -0.342 e. The maximum Gasteiger partial charge on any atom is 0.225 e. The van der Waals surface area contributed by atoms with Crippen molar-refractivity contribution in [3.8, 4) is 0 Å². The molecule has 1 aliphatic heterocycles. The summed E-state index contributed by atoms with van der Waals surface area (Å²) < 4.78 is 2.29. The summed E-state index contributed by atoms with van der Waals surface area (Å²) >= 11 is 0. The van der Waals surface area contributed by atoms with Crippen molar-refractivity contribution in [2.75, 3.05) is 13.1 Å². The molecule has 1 aliphatic carbocycles. The fourth-order valence-electron chi connectivity index (χ4n) is 4.07. The van der Waals surface area contributed by atoms with Crippen LogP contribution in [0, 0.1) is 11.8 Å². The van der Waals surface area contributed by atoms with E-state index in [0.29, 0.717) is 23.8 Å². The van der Waals surface area contributed by atoms with E-state index in [1.54, 1.807) is 0 Å². The van der Waals surface area contributed by atoms with Gasteiger partial charge in [-0.25, -0.2) is 4.98 Å². The molecule has 0 unspecified atom stereocenters. The number of rotatable bonds is 5. The molecule has 2 aromatic rings. The van der Waals surface area contributed by atoms with Gasteiger partial charge < -0.3 is 14.8 Å². The number of imidazole rings is 1. The number of aromatic nitrogens is 2. The van der Waals surface area contributed by atoms with E-state index in [1.165, 1.54) is 5.52 Å². The molecular weight excluding hydrogens is 312 g/mol. The summed E-state index contributed by atoms with van der Waals surface area (Å²) in [6, 6.07) is 8.78. The Balaban J connectivity index is 1.39. The molecule has 1 saturated heterocycles. The number of benzene rings is 1. The first-order valence-electron chi connectivity index (χ1n) is 9.63. The van der Waals surface area contributed by atoms with Crippen LogP contribution in [0.2, 0.25) is 0 Å². The molecule has 2 aliphatic rings. The van der Waals surface area contributed by atoms with Crippen LogP contribution in [0.25, 0.3) is 11.0 Å². The quantitative estimate of drug-likeness (QED) is 0.910. The van der Waals surface area contributed by atoms with Gasteiger partial charge in [-0.15, -0.1) is 0 Å². The van der Waals surface area contributed by atoms with Crippen molar-refractivity contribution in [2.45, 2.75) is 52.2 Å². The monoisotopic (exact) mass is 340 g/mol. The molecular formula is C20H28N4O. The third kappa shape index (κ3) is 3.30. The van der Waals surface area contributed by atoms with Crippen LogP contribution >= 0.6 is 0 Å². The lowest BCUT2D eigenvalue weighted by molar-refractivity contribution is -0.134. The molecule has 1 aromatic carbocycles. The van der Waals surface area contributed by atoms with Crippen LogP contribution < -0.4 is 5.32 Å². The van der Waals surface area contributed by atoms with Crippen molar-refractivity contribution in [3.63, 3.8) is 0 Å². The summed E-state index contributed by atoms with van der Waals surface area (Å²) in [7, 11) is 0. The zero-order valence-electron chi connectivity index (χ0n) is 15.2. The van der Waals surface area contributed by atoms with E-state index in [1.807, 2.05) is 6.07 Å². The summed E-state index contributed by atoms with van der Waals surface area (Å²) in [5.74, 6) is 2.31. The fraction of sp³-hybridized carbons (Fsp3) is 0.600. The standard InChI is InChI=1S/C20H28N4O/c1-3-24-18-7-5-4-6-17(18)22-19(24)12-21-16-10-11-23(13-14(16)2)20(25)15-8-9-15/h4-7,14-16,21H,3,8-13H2,1-2H3/t14-,16-/m1/s1. The minimum atomic E-state index is 0.334. The number of hydrogen-bond acceptors (Lipinski definition) is 3. The molecule has 1 aromatic heterocycles. The van der Waals surface area contributed by atoms with Crippen molar-refractivity contribution in [1.82, 2.24) is 19.8 Å². The van der Waals surface area contributed by atoms with E-state index >= 15 is 0 Å². The van der Waals surface area contributed by atoms with Crippen molar-refractivity contribution in [3.05, 3.63) is 30.1 Å². The van der Waals surface area contributed by atoms with Crippen molar-refractivity contribution in [2.24, 2.45) is 11.8 Å². The Hall–Kier alpha value is -1.88. The molecule has 0 spiro atoms. The average molecular weight is 340 g/mol. The van der Waals surface area contributed by atoms with Crippen LogP contribution in [0.5, 0.6) is 0 Å². The number of nitrogens with zero attached hydrogens (tertiary/aromatic N) is 3.